The first kappa shape index (κ1) is 13.2. The summed E-state index contributed by atoms with van der Waals surface area (Å²) in [5.41, 5.74) is 5.77. The zero-order valence-electron chi connectivity index (χ0n) is 11.2. The quantitative estimate of drug-likeness (QED) is 0.877. The zero-order valence-corrected chi connectivity index (χ0v) is 12.0. The van der Waals surface area contributed by atoms with Gasteiger partial charge in [0.25, 0.3) is 0 Å². The van der Waals surface area contributed by atoms with Crippen molar-refractivity contribution < 1.29 is 0 Å². The number of thioether (sulfide) groups is 1. The van der Waals surface area contributed by atoms with Gasteiger partial charge in [-0.05, 0) is 19.1 Å². The lowest BCUT2D eigenvalue weighted by Crippen LogP contribution is -2.27. The maximum Gasteiger partial charge on any atom is 0.241 e. The zero-order chi connectivity index (χ0) is 13.9. The Bertz CT molecular complexity index is 571. The highest BCUT2D eigenvalue weighted by atomic mass is 32.2. The Morgan fingerprint density at radius 2 is 2.25 bits per heavy atom. The van der Waals surface area contributed by atoms with Crippen LogP contribution < -0.4 is 11.1 Å². The van der Waals surface area contributed by atoms with Crippen LogP contribution in [0, 0.1) is 0 Å². The lowest BCUT2D eigenvalue weighted by atomic mass is 10.2. The standard InChI is InChI=1S/C12H17N7S/c1-20-9-4-2-3-8(9)15-11-16-10(13)17-12(18-11)19-6-5-14-7-19/h5-9H,2-4H2,1H3,(H3,13,15,16,17,18). The Balaban J connectivity index is 1.83. The van der Waals surface area contributed by atoms with Crippen LogP contribution in [0.15, 0.2) is 18.7 Å². The van der Waals surface area contributed by atoms with Crippen molar-refractivity contribution in [3.63, 3.8) is 0 Å². The van der Waals surface area contributed by atoms with Crippen LogP contribution in [-0.2, 0) is 0 Å². The Kier molecular flexibility index (Phi) is 3.72. The summed E-state index contributed by atoms with van der Waals surface area (Å²) >= 11 is 1.89. The molecule has 106 valence electrons. The van der Waals surface area contributed by atoms with E-state index in [1.54, 1.807) is 23.3 Å². The summed E-state index contributed by atoms with van der Waals surface area (Å²) in [7, 11) is 0. The first-order valence-electron chi connectivity index (χ1n) is 6.55. The van der Waals surface area contributed by atoms with Gasteiger partial charge in [-0.15, -0.1) is 0 Å². The van der Waals surface area contributed by atoms with E-state index in [0.717, 1.165) is 6.42 Å². The van der Waals surface area contributed by atoms with Gasteiger partial charge in [0.15, 0.2) is 0 Å². The van der Waals surface area contributed by atoms with Crippen molar-refractivity contribution in [2.75, 3.05) is 17.3 Å². The van der Waals surface area contributed by atoms with E-state index in [1.165, 1.54) is 12.8 Å². The van der Waals surface area contributed by atoms with Gasteiger partial charge >= 0.3 is 0 Å². The van der Waals surface area contributed by atoms with E-state index >= 15 is 0 Å². The molecule has 0 amide bonds. The lowest BCUT2D eigenvalue weighted by Gasteiger charge is -2.19. The molecule has 0 saturated heterocycles. The van der Waals surface area contributed by atoms with Crippen LogP contribution in [0.25, 0.3) is 5.95 Å². The van der Waals surface area contributed by atoms with E-state index in [-0.39, 0.29) is 5.95 Å². The van der Waals surface area contributed by atoms with E-state index < -0.39 is 0 Å². The largest absolute Gasteiger partial charge is 0.368 e. The normalized spacial score (nSPS) is 22.1. The van der Waals surface area contributed by atoms with Crippen LogP contribution in [-0.4, -0.2) is 42.1 Å². The molecule has 2 heterocycles. The molecule has 3 N–H and O–H groups in total. The Morgan fingerprint density at radius 1 is 1.35 bits per heavy atom. The third kappa shape index (κ3) is 2.69. The fourth-order valence-electron chi connectivity index (χ4n) is 2.48. The predicted molar refractivity (Wildman–Crippen MR) is 79.9 cm³/mol. The number of hydrogen-bond acceptors (Lipinski definition) is 7. The van der Waals surface area contributed by atoms with Gasteiger partial charge in [-0.25, -0.2) is 4.98 Å². The number of nitrogens with zero attached hydrogens (tertiary/aromatic N) is 5. The number of nitrogens with one attached hydrogen (secondary N) is 1. The smallest absolute Gasteiger partial charge is 0.241 e. The van der Waals surface area contributed by atoms with Crippen LogP contribution in [0.3, 0.4) is 0 Å². The summed E-state index contributed by atoms with van der Waals surface area (Å²) < 4.78 is 1.71. The predicted octanol–water partition coefficient (Wildman–Crippen LogP) is 1.34. The summed E-state index contributed by atoms with van der Waals surface area (Å²) in [5, 5.41) is 3.99. The maximum absolute atomic E-state index is 5.77. The molecule has 3 rings (SSSR count). The molecule has 1 saturated carbocycles. The maximum atomic E-state index is 5.77. The molecule has 1 aliphatic carbocycles. The summed E-state index contributed by atoms with van der Waals surface area (Å²) in [6, 6.07) is 0.391. The van der Waals surface area contributed by atoms with Gasteiger partial charge < -0.3 is 11.1 Å². The number of anilines is 2. The van der Waals surface area contributed by atoms with Crippen LogP contribution in [0.4, 0.5) is 11.9 Å². The number of imidazole rings is 1. The van der Waals surface area contributed by atoms with E-state index in [0.29, 0.717) is 23.2 Å². The Morgan fingerprint density at radius 3 is 3.00 bits per heavy atom. The molecule has 2 atom stereocenters. The monoisotopic (exact) mass is 291 g/mol. The first-order valence-corrected chi connectivity index (χ1v) is 7.84. The van der Waals surface area contributed by atoms with Crippen LogP contribution >= 0.6 is 11.8 Å². The molecule has 1 aliphatic rings. The molecule has 2 aromatic rings. The fourth-order valence-corrected chi connectivity index (χ4v) is 3.41. The number of hydrogen-bond donors (Lipinski definition) is 2. The van der Waals surface area contributed by atoms with Crippen molar-refractivity contribution in [2.24, 2.45) is 0 Å². The molecule has 8 heteroatoms. The van der Waals surface area contributed by atoms with E-state index in [1.807, 2.05) is 11.8 Å². The van der Waals surface area contributed by atoms with Crippen molar-refractivity contribution >= 4 is 23.7 Å². The van der Waals surface area contributed by atoms with Gasteiger partial charge in [0.1, 0.15) is 6.33 Å². The van der Waals surface area contributed by atoms with Crippen LogP contribution in [0.2, 0.25) is 0 Å². The lowest BCUT2D eigenvalue weighted by molar-refractivity contribution is 0.751. The van der Waals surface area contributed by atoms with E-state index in [4.69, 9.17) is 5.73 Å². The average Bonchev–Trinajstić information content (AvgIpc) is 3.08. The van der Waals surface area contributed by atoms with Gasteiger partial charge in [0.2, 0.25) is 17.8 Å². The molecule has 20 heavy (non-hydrogen) atoms. The Labute approximate surface area is 121 Å². The van der Waals surface area contributed by atoms with E-state index in [2.05, 4.69) is 31.5 Å². The molecule has 7 nitrogen and oxygen atoms in total. The summed E-state index contributed by atoms with van der Waals surface area (Å²) in [5.74, 6) is 1.23. The molecule has 0 bridgehead atoms. The highest BCUT2D eigenvalue weighted by molar-refractivity contribution is 7.99. The SMILES string of the molecule is CSC1CCCC1Nc1nc(N)nc(-n2ccnc2)n1. The minimum absolute atomic E-state index is 0.213. The second-order valence-corrected chi connectivity index (χ2v) is 5.82. The topological polar surface area (TPSA) is 94.5 Å². The van der Waals surface area contributed by atoms with Gasteiger partial charge in [-0.3, -0.25) is 4.57 Å². The molecule has 2 aromatic heterocycles. The van der Waals surface area contributed by atoms with Crippen LogP contribution in [0.5, 0.6) is 0 Å². The van der Waals surface area contributed by atoms with Gasteiger partial charge in [-0.2, -0.15) is 26.7 Å². The molecule has 0 aliphatic heterocycles. The number of nitrogens with two attached hydrogens (primary N) is 1. The van der Waals surface area contributed by atoms with Gasteiger partial charge in [-0.1, -0.05) is 6.42 Å². The second kappa shape index (κ2) is 5.66. The average molecular weight is 291 g/mol. The minimum Gasteiger partial charge on any atom is -0.368 e. The highest BCUT2D eigenvalue weighted by Crippen LogP contribution is 2.30. The fraction of sp³-hybridized carbons (Fsp3) is 0.500. The van der Waals surface area contributed by atoms with Gasteiger partial charge in [0, 0.05) is 23.7 Å². The van der Waals surface area contributed by atoms with Gasteiger partial charge in [0.05, 0.1) is 0 Å². The molecule has 0 spiro atoms. The summed E-state index contributed by atoms with van der Waals surface area (Å²) in [6.07, 6.45) is 10.8. The molecule has 0 aromatic carbocycles. The molecule has 2 unspecified atom stereocenters. The number of aromatic nitrogens is 5. The molecule has 1 fully saturated rings. The van der Waals surface area contributed by atoms with Crippen molar-refractivity contribution in [1.82, 2.24) is 24.5 Å². The first-order chi connectivity index (χ1) is 9.76. The third-order valence-electron chi connectivity index (χ3n) is 3.45. The summed E-state index contributed by atoms with van der Waals surface area (Å²) in [4.78, 5) is 16.7. The number of rotatable bonds is 4. The second-order valence-electron chi connectivity index (χ2n) is 4.74. The molecular weight excluding hydrogens is 274 g/mol. The molecule has 0 radical (unpaired) electrons. The number of nitrogen functional groups attached to an aromatic ring is 1. The minimum atomic E-state index is 0.213. The van der Waals surface area contributed by atoms with Crippen LogP contribution in [0.1, 0.15) is 19.3 Å². The Hall–Kier alpha value is -1.83. The van der Waals surface area contributed by atoms with Crippen molar-refractivity contribution in [3.05, 3.63) is 18.7 Å². The third-order valence-corrected chi connectivity index (χ3v) is 4.62. The van der Waals surface area contributed by atoms with Crippen molar-refractivity contribution in [2.45, 2.75) is 30.6 Å². The highest BCUT2D eigenvalue weighted by Gasteiger charge is 2.27. The summed E-state index contributed by atoms with van der Waals surface area (Å²) in [6.45, 7) is 0. The van der Waals surface area contributed by atoms with Crippen molar-refractivity contribution in [3.8, 4) is 5.95 Å². The molecular formula is C12H17N7S. The van der Waals surface area contributed by atoms with Crippen molar-refractivity contribution in [1.29, 1.82) is 0 Å². The van der Waals surface area contributed by atoms with E-state index in [9.17, 15) is 0 Å².